The van der Waals surface area contributed by atoms with Gasteiger partial charge in [-0.15, -0.1) is 11.3 Å². The van der Waals surface area contributed by atoms with E-state index < -0.39 is 0 Å². The molecule has 0 spiro atoms. The zero-order valence-corrected chi connectivity index (χ0v) is 11.3. The Labute approximate surface area is 110 Å². The van der Waals surface area contributed by atoms with E-state index in [0.717, 1.165) is 34.7 Å². The van der Waals surface area contributed by atoms with Gasteiger partial charge < -0.3 is 5.32 Å². The van der Waals surface area contributed by atoms with Crippen LogP contribution in [0.5, 0.6) is 0 Å². The fourth-order valence-corrected chi connectivity index (χ4v) is 3.41. The van der Waals surface area contributed by atoms with Crippen molar-refractivity contribution in [1.82, 2.24) is 14.9 Å². The third kappa shape index (κ3) is 2.20. The molecule has 1 atom stereocenters. The Hall–Kier alpha value is -1.20. The quantitative estimate of drug-likeness (QED) is 0.898. The summed E-state index contributed by atoms with van der Waals surface area (Å²) in [5, 5.41) is 4.15. The number of hydrogen-bond donors (Lipinski definition) is 1. The molecule has 1 saturated heterocycles. The largest absolute Gasteiger partial charge is 0.316 e. The lowest BCUT2D eigenvalue weighted by atomic mass is 10.00. The highest BCUT2D eigenvalue weighted by Gasteiger charge is 2.15. The van der Waals surface area contributed by atoms with E-state index in [2.05, 4.69) is 10.3 Å². The van der Waals surface area contributed by atoms with Crippen LogP contribution < -0.4 is 10.9 Å². The highest BCUT2D eigenvalue weighted by atomic mass is 32.1. The summed E-state index contributed by atoms with van der Waals surface area (Å²) in [6.45, 7) is 4.91. The van der Waals surface area contributed by atoms with Gasteiger partial charge in [0.05, 0.1) is 11.7 Å². The number of rotatable bonds is 2. The minimum absolute atomic E-state index is 0.106. The van der Waals surface area contributed by atoms with Crippen LogP contribution in [0.4, 0.5) is 0 Å². The zero-order chi connectivity index (χ0) is 12.5. The highest BCUT2D eigenvalue weighted by molar-refractivity contribution is 7.18. The second-order valence-corrected chi connectivity index (χ2v) is 6.23. The first-order valence-corrected chi connectivity index (χ1v) is 7.22. The van der Waals surface area contributed by atoms with E-state index in [1.54, 1.807) is 22.2 Å². The smallest absolute Gasteiger partial charge is 0.262 e. The van der Waals surface area contributed by atoms with E-state index in [9.17, 15) is 4.79 Å². The van der Waals surface area contributed by atoms with Crippen molar-refractivity contribution in [1.29, 1.82) is 0 Å². The number of nitrogens with one attached hydrogen (secondary N) is 1. The Morgan fingerprint density at radius 1 is 1.61 bits per heavy atom. The van der Waals surface area contributed by atoms with E-state index in [-0.39, 0.29) is 5.56 Å². The Balaban J connectivity index is 1.91. The van der Waals surface area contributed by atoms with Crippen molar-refractivity contribution >= 4 is 21.6 Å². The second-order valence-electron chi connectivity index (χ2n) is 4.99. The lowest BCUT2D eigenvalue weighted by molar-refractivity contribution is 0.333. The van der Waals surface area contributed by atoms with Crippen molar-refractivity contribution in [2.24, 2.45) is 5.92 Å². The van der Waals surface area contributed by atoms with Gasteiger partial charge in [-0.05, 0) is 44.8 Å². The van der Waals surface area contributed by atoms with E-state index >= 15 is 0 Å². The molecule has 96 valence electrons. The number of thiophene rings is 1. The molecular formula is C13H17N3OS. The number of piperidine rings is 1. The second kappa shape index (κ2) is 4.82. The van der Waals surface area contributed by atoms with Crippen molar-refractivity contribution in [2.45, 2.75) is 26.3 Å². The molecule has 1 fully saturated rings. The van der Waals surface area contributed by atoms with Crippen LogP contribution >= 0.6 is 11.3 Å². The van der Waals surface area contributed by atoms with Crippen LogP contribution in [0.15, 0.2) is 17.2 Å². The Morgan fingerprint density at radius 3 is 3.28 bits per heavy atom. The van der Waals surface area contributed by atoms with Crippen molar-refractivity contribution in [2.75, 3.05) is 13.1 Å². The van der Waals surface area contributed by atoms with Gasteiger partial charge in [-0.2, -0.15) is 0 Å². The third-order valence-corrected chi connectivity index (χ3v) is 4.45. The van der Waals surface area contributed by atoms with Gasteiger partial charge in [0, 0.05) is 11.4 Å². The maximum Gasteiger partial charge on any atom is 0.262 e. The summed E-state index contributed by atoms with van der Waals surface area (Å²) in [6, 6.07) is 1.95. The van der Waals surface area contributed by atoms with Gasteiger partial charge in [0.2, 0.25) is 0 Å². The van der Waals surface area contributed by atoms with Crippen molar-refractivity contribution in [3.8, 4) is 0 Å². The summed E-state index contributed by atoms with van der Waals surface area (Å²) in [5.41, 5.74) is 0.106. The maximum absolute atomic E-state index is 12.3. The van der Waals surface area contributed by atoms with Gasteiger partial charge in [0.15, 0.2) is 0 Å². The molecule has 0 aliphatic carbocycles. The standard InChI is InChI=1S/C13H17N3OS/c1-9-5-11-12(18-9)15-8-16(13(11)17)7-10-3-2-4-14-6-10/h5,8,10,14H,2-4,6-7H2,1H3. The molecule has 1 aliphatic heterocycles. The number of fused-ring (bicyclic) bond motifs is 1. The SMILES string of the molecule is Cc1cc2c(=O)n(CC3CCCNC3)cnc2s1. The van der Waals surface area contributed by atoms with E-state index in [1.807, 2.05) is 13.0 Å². The van der Waals surface area contributed by atoms with Crippen molar-refractivity contribution in [3.05, 3.63) is 27.6 Å². The summed E-state index contributed by atoms with van der Waals surface area (Å²) in [5.74, 6) is 0.551. The van der Waals surface area contributed by atoms with Crippen molar-refractivity contribution < 1.29 is 0 Å². The highest BCUT2D eigenvalue weighted by Crippen LogP contribution is 2.20. The van der Waals surface area contributed by atoms with Gasteiger partial charge in [0.25, 0.3) is 5.56 Å². The molecule has 0 saturated carbocycles. The minimum Gasteiger partial charge on any atom is -0.316 e. The van der Waals surface area contributed by atoms with E-state index in [0.29, 0.717) is 5.92 Å². The molecule has 2 aromatic rings. The van der Waals surface area contributed by atoms with Crippen LogP contribution in [0, 0.1) is 12.8 Å². The molecule has 3 rings (SSSR count). The number of aromatic nitrogens is 2. The molecule has 0 amide bonds. The monoisotopic (exact) mass is 263 g/mol. The third-order valence-electron chi connectivity index (χ3n) is 3.50. The summed E-state index contributed by atoms with van der Waals surface area (Å²) < 4.78 is 1.77. The summed E-state index contributed by atoms with van der Waals surface area (Å²) in [4.78, 5) is 18.7. The molecule has 4 nitrogen and oxygen atoms in total. The predicted octanol–water partition coefficient (Wildman–Crippen LogP) is 1.77. The average Bonchev–Trinajstić information content (AvgIpc) is 2.76. The van der Waals surface area contributed by atoms with E-state index in [4.69, 9.17) is 0 Å². The fourth-order valence-electron chi connectivity index (χ4n) is 2.57. The normalized spacial score (nSPS) is 20.4. The van der Waals surface area contributed by atoms with Crippen LogP contribution in [-0.4, -0.2) is 22.6 Å². The fraction of sp³-hybridized carbons (Fsp3) is 0.538. The first-order chi connectivity index (χ1) is 8.74. The van der Waals surface area contributed by atoms with Gasteiger partial charge >= 0.3 is 0 Å². The number of nitrogens with zero attached hydrogens (tertiary/aromatic N) is 2. The molecule has 5 heteroatoms. The molecule has 3 heterocycles. The summed E-state index contributed by atoms with van der Waals surface area (Å²) in [7, 11) is 0. The zero-order valence-electron chi connectivity index (χ0n) is 10.5. The first kappa shape index (κ1) is 11.9. The van der Waals surface area contributed by atoms with Crippen LogP contribution in [0.3, 0.4) is 0 Å². The molecule has 0 bridgehead atoms. The Morgan fingerprint density at radius 2 is 2.50 bits per heavy atom. The topological polar surface area (TPSA) is 46.9 Å². The van der Waals surface area contributed by atoms with Crippen LogP contribution in [0.25, 0.3) is 10.2 Å². The molecule has 18 heavy (non-hydrogen) atoms. The predicted molar refractivity (Wildman–Crippen MR) is 74.2 cm³/mol. The summed E-state index contributed by atoms with van der Waals surface area (Å²) in [6.07, 6.45) is 4.10. The number of hydrogen-bond acceptors (Lipinski definition) is 4. The van der Waals surface area contributed by atoms with Crippen molar-refractivity contribution in [3.63, 3.8) is 0 Å². The molecule has 2 aromatic heterocycles. The van der Waals surface area contributed by atoms with Gasteiger partial charge in [0.1, 0.15) is 4.83 Å². The molecule has 0 aromatic carbocycles. The minimum atomic E-state index is 0.106. The van der Waals surface area contributed by atoms with Gasteiger partial charge in [-0.1, -0.05) is 0 Å². The molecule has 0 radical (unpaired) electrons. The lowest BCUT2D eigenvalue weighted by Crippen LogP contribution is -2.34. The average molecular weight is 263 g/mol. The van der Waals surface area contributed by atoms with Crippen LogP contribution in [0.1, 0.15) is 17.7 Å². The molecular weight excluding hydrogens is 246 g/mol. The van der Waals surface area contributed by atoms with Gasteiger partial charge in [-0.3, -0.25) is 9.36 Å². The Bertz CT molecular complexity index is 610. The number of aryl methyl sites for hydroxylation is 1. The van der Waals surface area contributed by atoms with Crippen LogP contribution in [0.2, 0.25) is 0 Å². The molecule has 1 unspecified atom stereocenters. The molecule has 1 aliphatic rings. The molecule has 1 N–H and O–H groups in total. The van der Waals surface area contributed by atoms with Crippen LogP contribution in [-0.2, 0) is 6.54 Å². The maximum atomic E-state index is 12.3. The van der Waals surface area contributed by atoms with E-state index in [1.165, 1.54) is 12.8 Å². The van der Waals surface area contributed by atoms with Gasteiger partial charge in [-0.25, -0.2) is 4.98 Å². The lowest BCUT2D eigenvalue weighted by Gasteiger charge is -2.23. The first-order valence-electron chi connectivity index (χ1n) is 6.40. The summed E-state index contributed by atoms with van der Waals surface area (Å²) >= 11 is 1.58. The Kier molecular flexibility index (Phi) is 3.18.